The number of carbonyl (C=O) groups excluding carboxylic acids is 4. The van der Waals surface area contributed by atoms with Gasteiger partial charge < -0.3 is 37.1 Å². The second-order valence-corrected chi connectivity index (χ2v) is 11.2. The molecule has 3 rings (SSSR count). The Bertz CT molecular complexity index is 1180. The van der Waals surface area contributed by atoms with Crippen LogP contribution in [0.5, 0.6) is 0 Å². The van der Waals surface area contributed by atoms with E-state index in [1.807, 2.05) is 67.6 Å². The first-order chi connectivity index (χ1) is 21.3. The highest BCUT2D eigenvalue weighted by Crippen LogP contribution is 2.10. The number of ether oxygens (including phenoxy) is 1. The van der Waals surface area contributed by atoms with Gasteiger partial charge in [0.1, 0.15) is 18.1 Å². The molecule has 1 saturated heterocycles. The maximum Gasteiger partial charge on any atom is 0.245 e. The van der Waals surface area contributed by atoms with Gasteiger partial charge in [0.2, 0.25) is 23.6 Å². The minimum Gasteiger partial charge on any atom is -0.378 e. The topological polar surface area (TPSA) is 169 Å². The number of nitrogens with two attached hydrogens (primary N) is 2. The van der Waals surface area contributed by atoms with Gasteiger partial charge in [0.05, 0.1) is 19.3 Å². The molecule has 0 radical (unpaired) electrons. The molecule has 1 heterocycles. The predicted molar refractivity (Wildman–Crippen MR) is 169 cm³/mol. The van der Waals surface area contributed by atoms with Gasteiger partial charge >= 0.3 is 0 Å². The number of benzene rings is 2. The molecular formula is C33H48N6O5. The number of unbranched alkanes of at least 4 members (excludes halogenated alkanes) is 1. The second-order valence-electron chi connectivity index (χ2n) is 11.2. The molecule has 0 saturated carbocycles. The monoisotopic (exact) mass is 608 g/mol. The average Bonchev–Trinajstić information content (AvgIpc) is 3.05. The Kier molecular flexibility index (Phi) is 14.8. The Morgan fingerprint density at radius 3 is 1.86 bits per heavy atom. The maximum absolute atomic E-state index is 13.7. The minimum absolute atomic E-state index is 0.183. The first-order valence-corrected chi connectivity index (χ1v) is 15.6. The number of nitrogens with zero attached hydrogens (tertiary/aromatic N) is 1. The van der Waals surface area contributed by atoms with Crippen LogP contribution in [0.1, 0.15) is 50.2 Å². The molecule has 4 atom stereocenters. The summed E-state index contributed by atoms with van der Waals surface area (Å²) in [6, 6.07) is 15.3. The van der Waals surface area contributed by atoms with Crippen molar-refractivity contribution < 1.29 is 23.9 Å². The fraction of sp³-hybridized carbons (Fsp3) is 0.515. The van der Waals surface area contributed by atoms with Crippen LogP contribution < -0.4 is 27.4 Å². The van der Waals surface area contributed by atoms with Gasteiger partial charge in [-0.1, -0.05) is 80.4 Å². The summed E-state index contributed by atoms with van der Waals surface area (Å²) in [6.07, 6.45) is 3.34. The van der Waals surface area contributed by atoms with E-state index in [4.69, 9.17) is 16.2 Å². The van der Waals surface area contributed by atoms with Gasteiger partial charge in [-0.2, -0.15) is 0 Å². The molecule has 0 spiro atoms. The predicted octanol–water partition coefficient (Wildman–Crippen LogP) is 1.04. The molecular weight excluding hydrogens is 560 g/mol. The zero-order valence-electron chi connectivity index (χ0n) is 25.7. The largest absolute Gasteiger partial charge is 0.378 e. The molecule has 0 unspecified atom stereocenters. The molecule has 0 bridgehead atoms. The summed E-state index contributed by atoms with van der Waals surface area (Å²) in [5.74, 6) is -1.58. The third-order valence-corrected chi connectivity index (χ3v) is 7.66. The lowest BCUT2D eigenvalue weighted by Gasteiger charge is -2.31. The Morgan fingerprint density at radius 1 is 0.750 bits per heavy atom. The van der Waals surface area contributed by atoms with E-state index in [2.05, 4.69) is 16.0 Å². The molecule has 1 aliphatic rings. The molecule has 240 valence electrons. The van der Waals surface area contributed by atoms with E-state index in [1.165, 1.54) is 0 Å². The van der Waals surface area contributed by atoms with Crippen molar-refractivity contribution in [1.82, 2.24) is 20.9 Å². The minimum atomic E-state index is -0.966. The van der Waals surface area contributed by atoms with Crippen molar-refractivity contribution in [3.05, 3.63) is 71.8 Å². The fourth-order valence-electron chi connectivity index (χ4n) is 5.10. The zero-order valence-corrected chi connectivity index (χ0v) is 25.7. The average molecular weight is 609 g/mol. The molecule has 1 aliphatic heterocycles. The second kappa shape index (κ2) is 18.8. The van der Waals surface area contributed by atoms with Crippen LogP contribution in [0.3, 0.4) is 0 Å². The molecule has 44 heavy (non-hydrogen) atoms. The van der Waals surface area contributed by atoms with Crippen molar-refractivity contribution in [3.8, 4) is 0 Å². The number of hydrogen-bond donors (Lipinski definition) is 5. The van der Waals surface area contributed by atoms with E-state index in [1.54, 1.807) is 4.90 Å². The molecule has 4 amide bonds. The van der Waals surface area contributed by atoms with Gasteiger partial charge in [-0.05, 0) is 43.4 Å². The molecule has 2 aromatic carbocycles. The molecule has 0 aromatic heterocycles. The van der Waals surface area contributed by atoms with Crippen LogP contribution in [0.25, 0.3) is 0 Å². The standard InChI is InChI=1S/C33H48N6O5/c1-2-3-15-27(31(41)37-28(16-10-17-34)33(43)39-18-20-44-21-19-39)36-32(42)29(23-25-13-8-5-9-14-25)38-30(40)26(35)22-24-11-6-4-7-12-24/h4-9,11-14,26-29H,2-3,10,15-23,34-35H2,1H3,(H,36,42)(H,37,41)(H,38,40)/t26-,27-,28-,29-/m1/s1. The Labute approximate surface area is 260 Å². The molecule has 1 fully saturated rings. The van der Waals surface area contributed by atoms with E-state index < -0.39 is 41.9 Å². The molecule has 11 heteroatoms. The summed E-state index contributed by atoms with van der Waals surface area (Å²) in [5, 5.41) is 8.58. The number of hydrogen-bond acceptors (Lipinski definition) is 7. The lowest BCUT2D eigenvalue weighted by molar-refractivity contribution is -0.141. The van der Waals surface area contributed by atoms with Gasteiger partial charge in [0, 0.05) is 19.5 Å². The SMILES string of the molecule is CCCC[C@@H](NC(=O)[C@@H](Cc1ccccc1)NC(=O)[C@H](N)Cc1ccccc1)C(=O)N[C@H](CCCN)C(=O)N1CCOCC1. The summed E-state index contributed by atoms with van der Waals surface area (Å²) >= 11 is 0. The quantitative estimate of drug-likeness (QED) is 0.179. The van der Waals surface area contributed by atoms with Gasteiger partial charge in [0.25, 0.3) is 0 Å². The van der Waals surface area contributed by atoms with Crippen molar-refractivity contribution in [3.63, 3.8) is 0 Å². The van der Waals surface area contributed by atoms with Gasteiger partial charge in [-0.25, -0.2) is 0 Å². The van der Waals surface area contributed by atoms with E-state index in [0.29, 0.717) is 65.0 Å². The third-order valence-electron chi connectivity index (χ3n) is 7.66. The smallest absolute Gasteiger partial charge is 0.245 e. The normalized spacial score (nSPS) is 15.8. The van der Waals surface area contributed by atoms with Crippen LogP contribution in [0.4, 0.5) is 0 Å². The highest BCUT2D eigenvalue weighted by molar-refractivity contribution is 5.95. The summed E-state index contributed by atoms with van der Waals surface area (Å²) < 4.78 is 5.37. The van der Waals surface area contributed by atoms with Crippen LogP contribution in [0, 0.1) is 0 Å². The van der Waals surface area contributed by atoms with E-state index in [0.717, 1.165) is 17.5 Å². The highest BCUT2D eigenvalue weighted by Gasteiger charge is 2.32. The Hall–Kier alpha value is -3.80. The lowest BCUT2D eigenvalue weighted by atomic mass is 10.0. The summed E-state index contributed by atoms with van der Waals surface area (Å²) in [5.41, 5.74) is 13.7. The van der Waals surface area contributed by atoms with Crippen molar-refractivity contribution in [2.24, 2.45) is 11.5 Å². The molecule has 11 nitrogen and oxygen atoms in total. The maximum atomic E-state index is 13.7. The van der Waals surface area contributed by atoms with Crippen LogP contribution in [-0.4, -0.2) is 85.5 Å². The van der Waals surface area contributed by atoms with Gasteiger partial charge in [0.15, 0.2) is 0 Å². The van der Waals surface area contributed by atoms with Gasteiger partial charge in [-0.3, -0.25) is 19.2 Å². The first-order valence-electron chi connectivity index (χ1n) is 15.6. The molecule has 7 N–H and O–H groups in total. The van der Waals surface area contributed by atoms with E-state index >= 15 is 0 Å². The molecule has 0 aliphatic carbocycles. The van der Waals surface area contributed by atoms with Crippen molar-refractivity contribution in [1.29, 1.82) is 0 Å². The number of amides is 4. The van der Waals surface area contributed by atoms with Crippen molar-refractivity contribution >= 4 is 23.6 Å². The molecule has 2 aromatic rings. The number of morpholine rings is 1. The number of rotatable bonds is 17. The number of carbonyl (C=O) groups is 4. The van der Waals surface area contributed by atoms with Crippen molar-refractivity contribution in [2.75, 3.05) is 32.8 Å². The summed E-state index contributed by atoms with van der Waals surface area (Å²) in [7, 11) is 0. The lowest BCUT2D eigenvalue weighted by Crippen LogP contribution is -2.59. The van der Waals surface area contributed by atoms with Crippen LogP contribution in [0.2, 0.25) is 0 Å². The van der Waals surface area contributed by atoms with E-state index in [9.17, 15) is 19.2 Å². The third kappa shape index (κ3) is 11.4. The first kappa shape index (κ1) is 34.7. The zero-order chi connectivity index (χ0) is 31.7. The Morgan fingerprint density at radius 2 is 1.27 bits per heavy atom. The van der Waals surface area contributed by atoms with Crippen LogP contribution >= 0.6 is 0 Å². The van der Waals surface area contributed by atoms with Crippen LogP contribution in [0.15, 0.2) is 60.7 Å². The Balaban J connectivity index is 1.74. The highest BCUT2D eigenvalue weighted by atomic mass is 16.5. The fourth-order valence-corrected chi connectivity index (χ4v) is 5.10. The summed E-state index contributed by atoms with van der Waals surface area (Å²) in [6.45, 7) is 4.18. The van der Waals surface area contributed by atoms with Crippen molar-refractivity contribution in [2.45, 2.75) is 76.0 Å². The van der Waals surface area contributed by atoms with Gasteiger partial charge in [-0.15, -0.1) is 0 Å². The van der Waals surface area contributed by atoms with E-state index in [-0.39, 0.29) is 12.3 Å². The van der Waals surface area contributed by atoms with Crippen LogP contribution in [-0.2, 0) is 36.8 Å². The number of nitrogens with one attached hydrogen (secondary N) is 3. The summed E-state index contributed by atoms with van der Waals surface area (Å²) in [4.78, 5) is 55.5.